The molecular formula is C18H22N2O6S2. The first-order chi connectivity index (χ1) is 13.1. The minimum absolute atomic E-state index is 0.0245. The van der Waals surface area contributed by atoms with Crippen molar-refractivity contribution in [3.05, 3.63) is 53.5 Å². The van der Waals surface area contributed by atoms with Gasteiger partial charge in [-0.25, -0.2) is 26.4 Å². The van der Waals surface area contributed by atoms with Crippen molar-refractivity contribution >= 4 is 25.9 Å². The Kier molecular flexibility index (Phi) is 5.53. The zero-order valence-corrected chi connectivity index (χ0v) is 17.2. The maximum Gasteiger partial charge on any atom is 0.331 e. The number of nitrogens with one attached hydrogen (secondary N) is 1. The Morgan fingerprint density at radius 1 is 1.18 bits per heavy atom. The van der Waals surface area contributed by atoms with Crippen LogP contribution in [0.25, 0.3) is 0 Å². The molecule has 152 valence electrons. The molecule has 1 aromatic carbocycles. The third-order valence-corrected chi connectivity index (χ3v) is 7.67. The van der Waals surface area contributed by atoms with Crippen molar-refractivity contribution < 1.29 is 26.0 Å². The third kappa shape index (κ3) is 4.74. The molecule has 1 atom stereocenters. The summed E-state index contributed by atoms with van der Waals surface area (Å²) in [6.45, 7) is 3.54. The van der Waals surface area contributed by atoms with Crippen molar-refractivity contribution in [3.8, 4) is 0 Å². The number of aryl methyl sites for hydroxylation is 2. The Morgan fingerprint density at radius 2 is 1.86 bits per heavy atom. The van der Waals surface area contributed by atoms with Crippen LogP contribution in [0.3, 0.4) is 0 Å². The van der Waals surface area contributed by atoms with Crippen molar-refractivity contribution in [1.82, 2.24) is 9.62 Å². The van der Waals surface area contributed by atoms with E-state index in [0.29, 0.717) is 11.5 Å². The number of urea groups is 1. The SMILES string of the molecule is Cc1ccc(S(=O)(=O)NC(=O)N(Cc2ccc(C)o2)C2CCS(=O)(=O)C2)cc1. The van der Waals surface area contributed by atoms with Crippen molar-refractivity contribution in [3.63, 3.8) is 0 Å². The molecule has 0 aliphatic carbocycles. The van der Waals surface area contributed by atoms with Crippen LogP contribution >= 0.6 is 0 Å². The van der Waals surface area contributed by atoms with E-state index in [4.69, 9.17) is 4.42 Å². The molecule has 0 radical (unpaired) electrons. The summed E-state index contributed by atoms with van der Waals surface area (Å²) in [5.74, 6) is 0.847. The van der Waals surface area contributed by atoms with Crippen LogP contribution in [-0.4, -0.2) is 45.3 Å². The van der Waals surface area contributed by atoms with Gasteiger partial charge in [0.25, 0.3) is 10.0 Å². The van der Waals surface area contributed by atoms with E-state index < -0.39 is 31.9 Å². The first-order valence-corrected chi connectivity index (χ1v) is 12.0. The maximum atomic E-state index is 12.8. The number of carbonyl (C=O) groups is 1. The molecule has 1 fully saturated rings. The maximum absolute atomic E-state index is 12.8. The predicted octanol–water partition coefficient (Wildman–Crippen LogP) is 1.98. The molecule has 1 unspecified atom stereocenters. The Balaban J connectivity index is 1.84. The van der Waals surface area contributed by atoms with Crippen molar-refractivity contribution in [2.24, 2.45) is 0 Å². The van der Waals surface area contributed by atoms with Crippen LogP contribution in [0.2, 0.25) is 0 Å². The summed E-state index contributed by atoms with van der Waals surface area (Å²) < 4.78 is 56.4. The quantitative estimate of drug-likeness (QED) is 0.782. The second kappa shape index (κ2) is 7.59. The van der Waals surface area contributed by atoms with Gasteiger partial charge in [0.15, 0.2) is 9.84 Å². The minimum atomic E-state index is -4.09. The van der Waals surface area contributed by atoms with Crippen LogP contribution in [0.1, 0.15) is 23.5 Å². The molecule has 1 saturated heterocycles. The molecule has 0 saturated carbocycles. The Bertz CT molecular complexity index is 1070. The zero-order valence-electron chi connectivity index (χ0n) is 15.6. The average molecular weight is 427 g/mol. The Morgan fingerprint density at radius 3 is 2.39 bits per heavy atom. The predicted molar refractivity (Wildman–Crippen MR) is 103 cm³/mol. The highest BCUT2D eigenvalue weighted by Crippen LogP contribution is 2.22. The molecule has 1 aliphatic heterocycles. The fourth-order valence-electron chi connectivity index (χ4n) is 3.08. The molecule has 2 amide bonds. The van der Waals surface area contributed by atoms with Crippen LogP contribution in [0.5, 0.6) is 0 Å². The first-order valence-electron chi connectivity index (χ1n) is 8.71. The van der Waals surface area contributed by atoms with Gasteiger partial charge in [-0.15, -0.1) is 0 Å². The summed E-state index contributed by atoms with van der Waals surface area (Å²) in [5, 5.41) is 0. The summed E-state index contributed by atoms with van der Waals surface area (Å²) in [7, 11) is -7.35. The van der Waals surface area contributed by atoms with E-state index in [2.05, 4.69) is 0 Å². The normalized spacial score (nSPS) is 18.7. The van der Waals surface area contributed by atoms with E-state index in [1.165, 1.54) is 17.0 Å². The summed E-state index contributed by atoms with van der Waals surface area (Å²) in [6, 6.07) is 7.97. The second-order valence-corrected chi connectivity index (χ2v) is 10.8. The molecule has 28 heavy (non-hydrogen) atoms. The lowest BCUT2D eigenvalue weighted by molar-refractivity contribution is 0.176. The van der Waals surface area contributed by atoms with Crippen LogP contribution in [-0.2, 0) is 26.4 Å². The number of sulfonamides is 1. The van der Waals surface area contributed by atoms with Gasteiger partial charge in [-0.3, -0.25) is 0 Å². The lowest BCUT2D eigenvalue weighted by Gasteiger charge is -2.27. The Labute approximate surface area is 164 Å². The number of hydrogen-bond donors (Lipinski definition) is 1. The zero-order chi connectivity index (χ0) is 20.5. The van der Waals surface area contributed by atoms with Gasteiger partial charge >= 0.3 is 6.03 Å². The topological polar surface area (TPSA) is 114 Å². The van der Waals surface area contributed by atoms with Crippen molar-refractivity contribution in [1.29, 1.82) is 0 Å². The number of sulfone groups is 1. The van der Waals surface area contributed by atoms with Crippen LogP contribution in [0.15, 0.2) is 45.7 Å². The van der Waals surface area contributed by atoms with Gasteiger partial charge in [0, 0.05) is 6.04 Å². The molecular weight excluding hydrogens is 404 g/mol. The van der Waals surface area contributed by atoms with Gasteiger partial charge < -0.3 is 9.32 Å². The fraction of sp³-hybridized carbons (Fsp3) is 0.389. The fourth-order valence-corrected chi connectivity index (χ4v) is 5.77. The van der Waals surface area contributed by atoms with Gasteiger partial charge in [-0.1, -0.05) is 17.7 Å². The molecule has 2 heterocycles. The van der Waals surface area contributed by atoms with Gasteiger partial charge in [-0.2, -0.15) is 0 Å². The van der Waals surface area contributed by atoms with Crippen molar-refractivity contribution in [2.75, 3.05) is 11.5 Å². The van der Waals surface area contributed by atoms with Gasteiger partial charge in [0.1, 0.15) is 11.5 Å². The molecule has 0 bridgehead atoms. The number of benzene rings is 1. The van der Waals surface area contributed by atoms with E-state index in [1.54, 1.807) is 31.2 Å². The number of rotatable bonds is 5. The molecule has 3 rings (SSSR count). The number of amides is 2. The minimum Gasteiger partial charge on any atom is -0.464 e. The summed E-state index contributed by atoms with van der Waals surface area (Å²) in [5.41, 5.74) is 0.885. The summed E-state index contributed by atoms with van der Waals surface area (Å²) in [4.78, 5) is 14.0. The summed E-state index contributed by atoms with van der Waals surface area (Å²) in [6.07, 6.45) is 0.250. The highest BCUT2D eigenvalue weighted by Gasteiger charge is 2.36. The largest absolute Gasteiger partial charge is 0.464 e. The first kappa shape index (κ1) is 20.4. The van der Waals surface area contributed by atoms with Gasteiger partial charge in [-0.05, 0) is 44.5 Å². The molecule has 1 aromatic heterocycles. The Hall–Kier alpha value is -2.33. The summed E-state index contributed by atoms with van der Waals surface area (Å²) >= 11 is 0. The third-order valence-electron chi connectivity index (χ3n) is 4.59. The van der Waals surface area contributed by atoms with Crippen molar-refractivity contribution in [2.45, 2.75) is 37.8 Å². The monoisotopic (exact) mass is 426 g/mol. The standard InChI is InChI=1S/C18H22N2O6S2/c1-13-3-7-17(8-4-13)28(24,25)19-18(21)20(11-16-6-5-14(2)26-16)15-9-10-27(22,23)12-15/h3-8,15H,9-12H2,1-2H3,(H,19,21). The lowest BCUT2D eigenvalue weighted by Crippen LogP contribution is -2.48. The molecule has 0 spiro atoms. The molecule has 2 aromatic rings. The number of nitrogens with zero attached hydrogens (tertiary/aromatic N) is 1. The molecule has 1 aliphatic rings. The van der Waals surface area contributed by atoms with Gasteiger partial charge in [0.2, 0.25) is 0 Å². The smallest absolute Gasteiger partial charge is 0.331 e. The van der Waals surface area contributed by atoms with Gasteiger partial charge in [0.05, 0.1) is 22.9 Å². The van der Waals surface area contributed by atoms with Crippen LogP contribution in [0.4, 0.5) is 4.79 Å². The number of hydrogen-bond acceptors (Lipinski definition) is 6. The van der Waals surface area contributed by atoms with E-state index in [1.807, 2.05) is 11.6 Å². The highest BCUT2D eigenvalue weighted by molar-refractivity contribution is 7.91. The molecule has 10 heteroatoms. The van der Waals surface area contributed by atoms with E-state index >= 15 is 0 Å². The highest BCUT2D eigenvalue weighted by atomic mass is 32.2. The molecule has 8 nitrogen and oxygen atoms in total. The second-order valence-electron chi connectivity index (χ2n) is 6.92. The van der Waals surface area contributed by atoms with E-state index in [0.717, 1.165) is 5.56 Å². The number of furan rings is 1. The molecule has 1 N–H and O–H groups in total. The van der Waals surface area contributed by atoms with E-state index in [9.17, 15) is 21.6 Å². The lowest BCUT2D eigenvalue weighted by atomic mass is 10.2. The average Bonchev–Trinajstić information content (AvgIpc) is 3.17. The van der Waals surface area contributed by atoms with E-state index in [-0.39, 0.29) is 29.4 Å². The van der Waals surface area contributed by atoms with Crippen LogP contribution < -0.4 is 4.72 Å². The number of carbonyl (C=O) groups excluding carboxylic acids is 1. The van der Waals surface area contributed by atoms with Crippen LogP contribution in [0, 0.1) is 13.8 Å².